The minimum absolute atomic E-state index is 0.0855. The van der Waals surface area contributed by atoms with Gasteiger partial charge >= 0.3 is 6.18 Å². The molecule has 2 nitrogen and oxygen atoms in total. The average molecular weight is 351 g/mol. The van der Waals surface area contributed by atoms with Crippen LogP contribution in [0.2, 0.25) is 0 Å². The van der Waals surface area contributed by atoms with Gasteiger partial charge in [-0.1, -0.05) is 22.0 Å². The summed E-state index contributed by atoms with van der Waals surface area (Å²) in [6, 6.07) is 5.05. The molecule has 0 heterocycles. The van der Waals surface area contributed by atoms with Crippen molar-refractivity contribution in [1.82, 2.24) is 10.6 Å². The summed E-state index contributed by atoms with van der Waals surface area (Å²) in [5.41, 5.74) is 0.0304. The molecule has 0 aromatic heterocycles. The van der Waals surface area contributed by atoms with Gasteiger partial charge in [-0.3, -0.25) is 0 Å². The van der Waals surface area contributed by atoms with E-state index in [0.29, 0.717) is 18.2 Å². The SMILES string of the molecule is FC(F)(F)c1cc(CNCCCNC2CC2)ccc1Br. The Bertz CT molecular complexity index is 445. The van der Waals surface area contributed by atoms with E-state index in [1.54, 1.807) is 6.07 Å². The maximum absolute atomic E-state index is 12.7. The Labute approximate surface area is 125 Å². The Morgan fingerprint density at radius 2 is 1.95 bits per heavy atom. The first-order valence-corrected chi connectivity index (χ1v) is 7.56. The van der Waals surface area contributed by atoms with E-state index in [4.69, 9.17) is 0 Å². The molecule has 0 atom stereocenters. The zero-order chi connectivity index (χ0) is 14.6. The first-order valence-electron chi connectivity index (χ1n) is 6.76. The van der Waals surface area contributed by atoms with Crippen molar-refractivity contribution in [2.24, 2.45) is 0 Å². The maximum Gasteiger partial charge on any atom is 0.417 e. The van der Waals surface area contributed by atoms with Crippen molar-refractivity contribution in [1.29, 1.82) is 0 Å². The van der Waals surface area contributed by atoms with Crippen LogP contribution in [0.3, 0.4) is 0 Å². The first kappa shape index (κ1) is 15.8. The van der Waals surface area contributed by atoms with E-state index >= 15 is 0 Å². The monoisotopic (exact) mass is 350 g/mol. The molecule has 1 saturated carbocycles. The summed E-state index contributed by atoms with van der Waals surface area (Å²) in [5, 5.41) is 6.57. The van der Waals surface area contributed by atoms with Gasteiger partial charge in [0, 0.05) is 17.1 Å². The van der Waals surface area contributed by atoms with Gasteiger partial charge in [-0.15, -0.1) is 0 Å². The summed E-state index contributed by atoms with van der Waals surface area (Å²) in [7, 11) is 0. The van der Waals surface area contributed by atoms with Crippen LogP contribution in [0.4, 0.5) is 13.2 Å². The smallest absolute Gasteiger partial charge is 0.314 e. The highest BCUT2D eigenvalue weighted by atomic mass is 79.9. The van der Waals surface area contributed by atoms with E-state index in [0.717, 1.165) is 19.5 Å². The Morgan fingerprint density at radius 3 is 2.60 bits per heavy atom. The topological polar surface area (TPSA) is 24.1 Å². The molecular weight excluding hydrogens is 333 g/mol. The van der Waals surface area contributed by atoms with Crippen LogP contribution in [0.1, 0.15) is 30.4 Å². The van der Waals surface area contributed by atoms with Gasteiger partial charge in [-0.05, 0) is 50.0 Å². The predicted octanol–water partition coefficient (Wildman–Crippen LogP) is 3.70. The average Bonchev–Trinajstić information content (AvgIpc) is 3.18. The van der Waals surface area contributed by atoms with Gasteiger partial charge < -0.3 is 10.6 Å². The molecular formula is C14H18BrF3N2. The standard InChI is InChI=1S/C14H18BrF3N2/c15-13-5-2-10(8-12(13)14(16,17)18)9-19-6-1-7-20-11-3-4-11/h2,5,8,11,19-20H,1,3-4,6-7,9H2. The molecule has 0 spiro atoms. The summed E-state index contributed by atoms with van der Waals surface area (Å²) < 4.78 is 38.3. The minimum atomic E-state index is -4.32. The van der Waals surface area contributed by atoms with Crippen molar-refractivity contribution < 1.29 is 13.2 Å². The van der Waals surface area contributed by atoms with E-state index in [-0.39, 0.29) is 4.47 Å². The van der Waals surface area contributed by atoms with E-state index < -0.39 is 11.7 Å². The Hall–Kier alpha value is -0.590. The quantitative estimate of drug-likeness (QED) is 0.732. The second kappa shape index (κ2) is 6.91. The van der Waals surface area contributed by atoms with Gasteiger partial charge in [0.05, 0.1) is 5.56 Å². The third-order valence-corrected chi connectivity index (χ3v) is 3.90. The zero-order valence-electron chi connectivity index (χ0n) is 11.1. The lowest BCUT2D eigenvalue weighted by Gasteiger charge is -2.12. The van der Waals surface area contributed by atoms with Crippen LogP contribution >= 0.6 is 15.9 Å². The number of hydrogen-bond acceptors (Lipinski definition) is 2. The normalized spacial score (nSPS) is 15.6. The number of benzene rings is 1. The zero-order valence-corrected chi connectivity index (χ0v) is 12.6. The molecule has 6 heteroatoms. The highest BCUT2D eigenvalue weighted by Gasteiger charge is 2.32. The number of hydrogen-bond donors (Lipinski definition) is 2. The lowest BCUT2D eigenvalue weighted by molar-refractivity contribution is -0.138. The Balaban J connectivity index is 1.74. The lowest BCUT2D eigenvalue weighted by atomic mass is 10.1. The highest BCUT2D eigenvalue weighted by Crippen LogP contribution is 2.35. The number of rotatable bonds is 7. The van der Waals surface area contributed by atoms with Crippen molar-refractivity contribution in [3.05, 3.63) is 33.8 Å². The fourth-order valence-corrected chi connectivity index (χ4v) is 2.41. The molecule has 0 unspecified atom stereocenters. The summed E-state index contributed by atoms with van der Waals surface area (Å²) in [5.74, 6) is 0. The van der Waals surface area contributed by atoms with Crippen molar-refractivity contribution in [2.75, 3.05) is 13.1 Å². The third-order valence-electron chi connectivity index (χ3n) is 3.21. The highest BCUT2D eigenvalue weighted by molar-refractivity contribution is 9.10. The number of alkyl halides is 3. The lowest BCUT2D eigenvalue weighted by Crippen LogP contribution is -2.23. The van der Waals surface area contributed by atoms with Gasteiger partial charge in [0.15, 0.2) is 0 Å². The molecule has 0 bridgehead atoms. The van der Waals surface area contributed by atoms with Crippen molar-refractivity contribution in [3.63, 3.8) is 0 Å². The fourth-order valence-electron chi connectivity index (χ4n) is 1.94. The van der Waals surface area contributed by atoms with Crippen LogP contribution in [0.25, 0.3) is 0 Å². The molecule has 0 radical (unpaired) electrons. The second-order valence-electron chi connectivity index (χ2n) is 5.07. The molecule has 1 aromatic rings. The largest absolute Gasteiger partial charge is 0.417 e. The Morgan fingerprint density at radius 1 is 1.20 bits per heavy atom. The third kappa shape index (κ3) is 5.07. The van der Waals surface area contributed by atoms with E-state index in [9.17, 15) is 13.2 Å². The number of nitrogens with one attached hydrogen (secondary N) is 2. The molecule has 1 aromatic carbocycles. The first-order chi connectivity index (χ1) is 9.47. The molecule has 0 aliphatic heterocycles. The summed E-state index contributed by atoms with van der Waals surface area (Å²) in [6.07, 6.45) is -0.790. The van der Waals surface area contributed by atoms with Crippen molar-refractivity contribution in [3.8, 4) is 0 Å². The molecule has 1 fully saturated rings. The van der Waals surface area contributed by atoms with Crippen LogP contribution in [0.15, 0.2) is 22.7 Å². The minimum Gasteiger partial charge on any atom is -0.314 e. The fraction of sp³-hybridized carbons (Fsp3) is 0.571. The van der Waals surface area contributed by atoms with E-state index in [2.05, 4.69) is 26.6 Å². The van der Waals surface area contributed by atoms with Crippen molar-refractivity contribution >= 4 is 15.9 Å². The van der Waals surface area contributed by atoms with Gasteiger partial charge in [0.25, 0.3) is 0 Å². The summed E-state index contributed by atoms with van der Waals surface area (Å²) in [6.45, 7) is 2.22. The second-order valence-corrected chi connectivity index (χ2v) is 5.93. The summed E-state index contributed by atoms with van der Waals surface area (Å²) >= 11 is 2.94. The van der Waals surface area contributed by atoms with E-state index in [1.165, 1.54) is 25.0 Å². The van der Waals surface area contributed by atoms with Gasteiger partial charge in [-0.2, -0.15) is 13.2 Å². The van der Waals surface area contributed by atoms with Gasteiger partial charge in [0.1, 0.15) is 0 Å². The number of halogens is 4. The van der Waals surface area contributed by atoms with Crippen LogP contribution < -0.4 is 10.6 Å². The summed E-state index contributed by atoms with van der Waals surface area (Å²) in [4.78, 5) is 0. The van der Waals surface area contributed by atoms with Crippen molar-refractivity contribution in [2.45, 2.75) is 38.0 Å². The predicted molar refractivity (Wildman–Crippen MR) is 76.5 cm³/mol. The van der Waals surface area contributed by atoms with Crippen LogP contribution in [0, 0.1) is 0 Å². The van der Waals surface area contributed by atoms with Crippen LogP contribution in [-0.4, -0.2) is 19.1 Å². The molecule has 1 aliphatic carbocycles. The maximum atomic E-state index is 12.7. The molecule has 1 aliphatic rings. The molecule has 20 heavy (non-hydrogen) atoms. The van der Waals surface area contributed by atoms with Gasteiger partial charge in [-0.25, -0.2) is 0 Å². The molecule has 0 amide bonds. The van der Waals surface area contributed by atoms with Crippen LogP contribution in [-0.2, 0) is 12.7 Å². The molecule has 2 N–H and O–H groups in total. The molecule has 2 rings (SSSR count). The van der Waals surface area contributed by atoms with E-state index in [1.807, 2.05) is 0 Å². The molecule has 112 valence electrons. The van der Waals surface area contributed by atoms with Gasteiger partial charge in [0.2, 0.25) is 0 Å². The molecule has 0 saturated heterocycles. The van der Waals surface area contributed by atoms with Crippen LogP contribution in [0.5, 0.6) is 0 Å². The Kier molecular flexibility index (Phi) is 5.46.